The zero-order valence-corrected chi connectivity index (χ0v) is 11.6. The Morgan fingerprint density at radius 2 is 2.11 bits per heavy atom. The quantitative estimate of drug-likeness (QED) is 0.802. The molecule has 0 spiro atoms. The van der Waals surface area contributed by atoms with Gasteiger partial charge in [0.1, 0.15) is 11.4 Å². The molecule has 2 rings (SSSR count). The standard InChI is InChI=1S/C15H14ClNO2/c1-10-3-6-15(19-2)11(7-10)8-14(18)13-5-4-12(16)9-17-13/h3-7,9H,8H2,1-2H3. The van der Waals surface area contributed by atoms with Crippen LogP contribution >= 0.6 is 11.6 Å². The van der Waals surface area contributed by atoms with Crippen LogP contribution in [0.4, 0.5) is 0 Å². The molecule has 4 heteroatoms. The molecule has 0 atom stereocenters. The summed E-state index contributed by atoms with van der Waals surface area (Å²) in [5.41, 5.74) is 2.37. The summed E-state index contributed by atoms with van der Waals surface area (Å²) in [5.74, 6) is 0.661. The maximum Gasteiger partial charge on any atom is 0.185 e. The minimum atomic E-state index is -0.0550. The highest BCUT2D eigenvalue weighted by atomic mass is 35.5. The smallest absolute Gasteiger partial charge is 0.185 e. The number of benzene rings is 1. The SMILES string of the molecule is COc1ccc(C)cc1CC(=O)c1ccc(Cl)cn1. The van der Waals surface area contributed by atoms with Crippen molar-refractivity contribution < 1.29 is 9.53 Å². The summed E-state index contributed by atoms with van der Waals surface area (Å²) in [6, 6.07) is 9.06. The first kappa shape index (κ1) is 13.6. The molecule has 3 nitrogen and oxygen atoms in total. The molecular formula is C15H14ClNO2. The second-order valence-electron chi connectivity index (χ2n) is 4.28. The van der Waals surface area contributed by atoms with Crippen LogP contribution in [0.15, 0.2) is 36.5 Å². The highest BCUT2D eigenvalue weighted by molar-refractivity contribution is 6.30. The third kappa shape index (κ3) is 3.32. The summed E-state index contributed by atoms with van der Waals surface area (Å²) in [6.07, 6.45) is 1.74. The van der Waals surface area contributed by atoms with Gasteiger partial charge >= 0.3 is 0 Å². The number of methoxy groups -OCH3 is 1. The zero-order valence-electron chi connectivity index (χ0n) is 10.8. The molecule has 0 aliphatic carbocycles. The van der Waals surface area contributed by atoms with E-state index in [0.717, 1.165) is 11.1 Å². The molecular weight excluding hydrogens is 262 g/mol. The number of nitrogens with zero attached hydrogens (tertiary/aromatic N) is 1. The van der Waals surface area contributed by atoms with Gasteiger partial charge < -0.3 is 4.74 Å². The first-order chi connectivity index (χ1) is 9.10. The van der Waals surface area contributed by atoms with Gasteiger partial charge in [0.15, 0.2) is 5.78 Å². The Kier molecular flexibility index (Phi) is 4.17. The number of Topliss-reactive ketones (excluding diaryl/α,β-unsaturated/α-hetero) is 1. The van der Waals surface area contributed by atoms with Crippen LogP contribution in [-0.4, -0.2) is 17.9 Å². The Balaban J connectivity index is 2.23. The zero-order chi connectivity index (χ0) is 13.8. The maximum absolute atomic E-state index is 12.1. The molecule has 0 saturated carbocycles. The number of hydrogen-bond donors (Lipinski definition) is 0. The molecule has 0 aliphatic heterocycles. The van der Waals surface area contributed by atoms with Crippen LogP contribution < -0.4 is 4.74 Å². The van der Waals surface area contributed by atoms with Crippen LogP contribution in [0.2, 0.25) is 5.02 Å². The molecule has 2 aromatic rings. The predicted molar refractivity (Wildman–Crippen MR) is 75.0 cm³/mol. The molecule has 0 bridgehead atoms. The Bertz CT molecular complexity index is 594. The summed E-state index contributed by atoms with van der Waals surface area (Å²) >= 11 is 5.75. The lowest BCUT2D eigenvalue weighted by Crippen LogP contribution is -2.07. The van der Waals surface area contributed by atoms with Crippen LogP contribution in [0.5, 0.6) is 5.75 Å². The molecule has 98 valence electrons. The number of ether oxygens (including phenoxy) is 1. The largest absolute Gasteiger partial charge is 0.496 e. The summed E-state index contributed by atoms with van der Waals surface area (Å²) in [4.78, 5) is 16.2. The van der Waals surface area contributed by atoms with Gasteiger partial charge in [-0.25, -0.2) is 0 Å². The van der Waals surface area contributed by atoms with E-state index in [0.29, 0.717) is 16.5 Å². The molecule has 0 amide bonds. The van der Waals surface area contributed by atoms with Crippen molar-refractivity contribution in [2.24, 2.45) is 0 Å². The average Bonchev–Trinajstić information content (AvgIpc) is 2.39. The number of aromatic nitrogens is 1. The van der Waals surface area contributed by atoms with Crippen LogP contribution in [0.1, 0.15) is 21.6 Å². The molecule has 0 saturated heterocycles. The number of hydrogen-bond acceptors (Lipinski definition) is 3. The number of carbonyl (C=O) groups excluding carboxylic acids is 1. The van der Waals surface area contributed by atoms with Crippen molar-refractivity contribution in [3.05, 3.63) is 58.4 Å². The van der Waals surface area contributed by atoms with E-state index in [9.17, 15) is 4.79 Å². The van der Waals surface area contributed by atoms with Crippen LogP contribution in [0.25, 0.3) is 0 Å². The summed E-state index contributed by atoms with van der Waals surface area (Å²) < 4.78 is 5.26. The third-order valence-electron chi connectivity index (χ3n) is 2.80. The Labute approximate surface area is 117 Å². The van der Waals surface area contributed by atoms with E-state index in [-0.39, 0.29) is 12.2 Å². The molecule has 0 N–H and O–H groups in total. The number of aryl methyl sites for hydroxylation is 1. The molecule has 0 fully saturated rings. The molecule has 0 radical (unpaired) electrons. The summed E-state index contributed by atoms with van der Waals surface area (Å²) in [7, 11) is 1.60. The van der Waals surface area contributed by atoms with E-state index in [1.807, 2.05) is 25.1 Å². The van der Waals surface area contributed by atoms with Crippen molar-refractivity contribution in [3.8, 4) is 5.75 Å². The van der Waals surface area contributed by atoms with Crippen molar-refractivity contribution in [1.82, 2.24) is 4.98 Å². The number of carbonyl (C=O) groups is 1. The molecule has 1 aromatic carbocycles. The fourth-order valence-electron chi connectivity index (χ4n) is 1.85. The number of rotatable bonds is 4. The lowest BCUT2D eigenvalue weighted by Gasteiger charge is -2.08. The monoisotopic (exact) mass is 275 g/mol. The predicted octanol–water partition coefficient (Wildman–Crippen LogP) is 3.48. The number of halogens is 1. The first-order valence-electron chi connectivity index (χ1n) is 5.88. The van der Waals surface area contributed by atoms with Gasteiger partial charge in [0.2, 0.25) is 0 Å². The van der Waals surface area contributed by atoms with E-state index >= 15 is 0 Å². The second-order valence-corrected chi connectivity index (χ2v) is 4.71. The molecule has 0 aliphatic rings. The highest BCUT2D eigenvalue weighted by Crippen LogP contribution is 2.21. The van der Waals surface area contributed by atoms with Crippen molar-refractivity contribution in [3.63, 3.8) is 0 Å². The minimum absolute atomic E-state index is 0.0550. The lowest BCUT2D eigenvalue weighted by atomic mass is 10.0. The van der Waals surface area contributed by atoms with Crippen molar-refractivity contribution in [2.45, 2.75) is 13.3 Å². The molecule has 19 heavy (non-hydrogen) atoms. The molecule has 1 aromatic heterocycles. The van der Waals surface area contributed by atoms with Gasteiger partial charge in [-0.15, -0.1) is 0 Å². The maximum atomic E-state index is 12.1. The Hall–Kier alpha value is -1.87. The highest BCUT2D eigenvalue weighted by Gasteiger charge is 2.12. The fraction of sp³-hybridized carbons (Fsp3) is 0.200. The van der Waals surface area contributed by atoms with E-state index < -0.39 is 0 Å². The third-order valence-corrected chi connectivity index (χ3v) is 3.02. The minimum Gasteiger partial charge on any atom is -0.496 e. The van der Waals surface area contributed by atoms with Crippen molar-refractivity contribution in [2.75, 3.05) is 7.11 Å². The van der Waals surface area contributed by atoms with Gasteiger partial charge in [0.05, 0.1) is 12.1 Å². The Morgan fingerprint density at radius 3 is 2.74 bits per heavy atom. The van der Waals surface area contributed by atoms with E-state index in [1.54, 1.807) is 19.2 Å². The van der Waals surface area contributed by atoms with Gasteiger partial charge in [-0.1, -0.05) is 29.3 Å². The van der Waals surface area contributed by atoms with Crippen LogP contribution in [0.3, 0.4) is 0 Å². The lowest BCUT2D eigenvalue weighted by molar-refractivity contribution is 0.0987. The summed E-state index contributed by atoms with van der Waals surface area (Å²) in [6.45, 7) is 1.98. The van der Waals surface area contributed by atoms with Crippen LogP contribution in [-0.2, 0) is 6.42 Å². The average molecular weight is 276 g/mol. The van der Waals surface area contributed by atoms with Gasteiger partial charge in [-0.2, -0.15) is 0 Å². The molecule has 1 heterocycles. The topological polar surface area (TPSA) is 39.2 Å². The summed E-state index contributed by atoms with van der Waals surface area (Å²) in [5, 5.41) is 0.518. The number of pyridine rings is 1. The van der Waals surface area contributed by atoms with Gasteiger partial charge in [0.25, 0.3) is 0 Å². The van der Waals surface area contributed by atoms with Crippen molar-refractivity contribution in [1.29, 1.82) is 0 Å². The number of ketones is 1. The van der Waals surface area contributed by atoms with Gasteiger partial charge in [-0.05, 0) is 25.1 Å². The molecule has 0 unspecified atom stereocenters. The fourth-order valence-corrected chi connectivity index (χ4v) is 1.96. The van der Waals surface area contributed by atoms with Gasteiger partial charge in [0, 0.05) is 18.2 Å². The van der Waals surface area contributed by atoms with E-state index in [2.05, 4.69) is 4.98 Å². The van der Waals surface area contributed by atoms with Crippen molar-refractivity contribution >= 4 is 17.4 Å². The second kappa shape index (κ2) is 5.85. The van der Waals surface area contributed by atoms with Crippen LogP contribution in [0, 0.1) is 6.92 Å². The normalized spacial score (nSPS) is 10.3. The van der Waals surface area contributed by atoms with E-state index in [4.69, 9.17) is 16.3 Å². The van der Waals surface area contributed by atoms with E-state index in [1.165, 1.54) is 6.20 Å². The Morgan fingerprint density at radius 1 is 1.32 bits per heavy atom. The first-order valence-corrected chi connectivity index (χ1v) is 6.26. The van der Waals surface area contributed by atoms with Gasteiger partial charge in [-0.3, -0.25) is 9.78 Å².